The Morgan fingerprint density at radius 2 is 0.917 bits per heavy atom. The zero-order chi connectivity index (χ0) is 52.5. The molecule has 0 bridgehead atoms. The highest BCUT2D eigenvalue weighted by Crippen LogP contribution is 2.26. The molecule has 11 heteroatoms. The number of aliphatic hydroxyl groups excluding tert-OH is 5. The van der Waals surface area contributed by atoms with Crippen LogP contribution in [0.1, 0.15) is 278 Å². The first-order valence-electron chi connectivity index (χ1n) is 30.3. The third-order valence-electron chi connectivity index (χ3n) is 14.3. The van der Waals surface area contributed by atoms with E-state index in [1.54, 1.807) is 6.08 Å². The van der Waals surface area contributed by atoms with E-state index in [9.17, 15) is 35.1 Å². The Morgan fingerprint density at radius 3 is 1.35 bits per heavy atom. The summed E-state index contributed by atoms with van der Waals surface area (Å²) in [6.07, 6.45) is 47.5. The second-order valence-corrected chi connectivity index (χ2v) is 21.1. The number of carbonyl (C=O) groups excluding carboxylic acids is 2. The van der Waals surface area contributed by atoms with Gasteiger partial charge in [0.05, 0.1) is 25.4 Å². The first kappa shape index (κ1) is 67.9. The lowest BCUT2D eigenvalue weighted by Crippen LogP contribution is -2.61. The smallest absolute Gasteiger partial charge is 0.306 e. The lowest BCUT2D eigenvalue weighted by molar-refractivity contribution is -0.305. The van der Waals surface area contributed by atoms with Crippen LogP contribution in [0.2, 0.25) is 0 Å². The van der Waals surface area contributed by atoms with Crippen LogP contribution in [0.5, 0.6) is 0 Å². The highest BCUT2D eigenvalue weighted by molar-refractivity contribution is 5.80. The van der Waals surface area contributed by atoms with Crippen molar-refractivity contribution in [3.63, 3.8) is 0 Å². The lowest BCUT2D eigenvalue weighted by Gasteiger charge is -2.41. The molecule has 0 aromatic carbocycles. The SMILES string of the molecule is CCCCCCCC/C=C/CCCCCCCCC(O)C(=O)NC(COC1OC(CO)C(O)C(O)C1OC(=O)CCCCC/C=C\CCCCCCCCC)C(O)/C=C/CCCCCCCCCCCCC. The fourth-order valence-electron chi connectivity index (χ4n) is 9.41. The molecule has 1 amide bonds. The number of aliphatic hydroxyl groups is 5. The molecule has 0 spiro atoms. The van der Waals surface area contributed by atoms with Gasteiger partial charge in [0.2, 0.25) is 5.91 Å². The van der Waals surface area contributed by atoms with Gasteiger partial charge in [-0.1, -0.05) is 231 Å². The van der Waals surface area contributed by atoms with Crippen molar-refractivity contribution in [3.8, 4) is 0 Å². The van der Waals surface area contributed by atoms with Gasteiger partial charge in [-0.3, -0.25) is 9.59 Å². The van der Waals surface area contributed by atoms with E-state index in [1.807, 2.05) is 6.08 Å². The van der Waals surface area contributed by atoms with Gasteiger partial charge < -0.3 is 45.1 Å². The average molecular weight is 1020 g/mol. The molecule has 0 saturated carbocycles. The molecule has 1 heterocycles. The van der Waals surface area contributed by atoms with Crippen molar-refractivity contribution >= 4 is 11.9 Å². The van der Waals surface area contributed by atoms with Crippen LogP contribution in [-0.4, -0.2) is 99.6 Å². The van der Waals surface area contributed by atoms with Crippen molar-refractivity contribution < 1.29 is 49.3 Å². The van der Waals surface area contributed by atoms with Crippen LogP contribution in [0.4, 0.5) is 0 Å². The Kier molecular flexibility index (Phi) is 46.9. The largest absolute Gasteiger partial charge is 0.454 e. The van der Waals surface area contributed by atoms with E-state index in [2.05, 4.69) is 50.4 Å². The molecule has 6 N–H and O–H groups in total. The molecule has 0 aliphatic carbocycles. The van der Waals surface area contributed by atoms with Gasteiger partial charge in [0, 0.05) is 6.42 Å². The molecule has 0 aromatic heterocycles. The van der Waals surface area contributed by atoms with Crippen molar-refractivity contribution in [2.24, 2.45) is 0 Å². The van der Waals surface area contributed by atoms with Crippen molar-refractivity contribution in [3.05, 3.63) is 36.5 Å². The molecular weight excluding hydrogens is 907 g/mol. The normalized spacial score (nSPS) is 19.7. The van der Waals surface area contributed by atoms with Crippen molar-refractivity contribution in [2.75, 3.05) is 13.2 Å². The fraction of sp³-hybridized carbons (Fsp3) is 0.869. The monoisotopic (exact) mass is 1020 g/mol. The number of nitrogens with one attached hydrogen (secondary N) is 1. The Morgan fingerprint density at radius 1 is 0.528 bits per heavy atom. The molecule has 1 fully saturated rings. The summed E-state index contributed by atoms with van der Waals surface area (Å²) in [4.78, 5) is 26.5. The first-order valence-corrected chi connectivity index (χ1v) is 30.3. The maximum absolute atomic E-state index is 13.4. The summed E-state index contributed by atoms with van der Waals surface area (Å²) in [7, 11) is 0. The number of hydrogen-bond donors (Lipinski definition) is 6. The number of amides is 1. The number of ether oxygens (including phenoxy) is 3. The standard InChI is InChI=1S/C61H113NO10/c1-4-7-10-13-16-19-22-25-27-28-30-33-36-39-42-45-48-54(65)60(69)62-52(53(64)47-44-41-38-35-32-29-24-21-18-15-12-9-6-3)51-70-61-59(58(68)57(67)55(50-63)71-61)72-56(66)49-46-43-40-37-34-31-26-23-20-17-14-11-8-5-2/h25,27,31,34,44,47,52-55,57-59,61,63-65,67-68H,4-24,26,28-30,32-33,35-43,45-46,48-51H2,1-3H3,(H,62,69)/b27-25+,34-31-,47-44+. The Hall–Kier alpha value is -2.12. The molecule has 1 aliphatic heterocycles. The minimum Gasteiger partial charge on any atom is -0.454 e. The summed E-state index contributed by atoms with van der Waals surface area (Å²) in [6, 6.07) is -1.03. The highest BCUT2D eigenvalue weighted by atomic mass is 16.7. The zero-order valence-corrected chi connectivity index (χ0v) is 46.6. The van der Waals surface area contributed by atoms with Crippen LogP contribution in [0.3, 0.4) is 0 Å². The van der Waals surface area contributed by atoms with Crippen LogP contribution < -0.4 is 5.32 Å². The predicted molar refractivity (Wildman–Crippen MR) is 297 cm³/mol. The second kappa shape index (κ2) is 49.7. The van der Waals surface area contributed by atoms with Crippen LogP contribution in [0, 0.1) is 0 Å². The van der Waals surface area contributed by atoms with Crippen LogP contribution >= 0.6 is 0 Å². The summed E-state index contributed by atoms with van der Waals surface area (Å²) in [5.41, 5.74) is 0. The summed E-state index contributed by atoms with van der Waals surface area (Å²) in [6.45, 7) is 5.78. The molecule has 8 unspecified atom stereocenters. The van der Waals surface area contributed by atoms with Crippen LogP contribution in [0.15, 0.2) is 36.5 Å². The Balaban J connectivity index is 2.73. The van der Waals surface area contributed by atoms with Crippen molar-refractivity contribution in [1.29, 1.82) is 0 Å². The molecule has 72 heavy (non-hydrogen) atoms. The van der Waals surface area contributed by atoms with E-state index in [0.29, 0.717) is 12.8 Å². The number of carbonyl (C=O) groups is 2. The average Bonchev–Trinajstić information content (AvgIpc) is 3.38. The number of unbranched alkanes of at least 4 members (excludes halogenated alkanes) is 33. The number of allylic oxidation sites excluding steroid dienone is 5. The van der Waals surface area contributed by atoms with E-state index < -0.39 is 67.4 Å². The van der Waals surface area contributed by atoms with E-state index in [4.69, 9.17) is 14.2 Å². The Bertz CT molecular complexity index is 1310. The van der Waals surface area contributed by atoms with Gasteiger partial charge >= 0.3 is 5.97 Å². The molecule has 422 valence electrons. The van der Waals surface area contributed by atoms with Crippen LogP contribution in [0.25, 0.3) is 0 Å². The number of hydrogen-bond acceptors (Lipinski definition) is 10. The maximum atomic E-state index is 13.4. The van der Waals surface area contributed by atoms with Gasteiger partial charge in [0.25, 0.3) is 0 Å². The first-order chi connectivity index (χ1) is 35.2. The quantitative estimate of drug-likeness (QED) is 0.0195. The van der Waals surface area contributed by atoms with E-state index in [1.165, 1.54) is 154 Å². The van der Waals surface area contributed by atoms with Crippen molar-refractivity contribution in [2.45, 2.75) is 327 Å². The molecule has 0 radical (unpaired) electrons. The topological polar surface area (TPSA) is 175 Å². The fourth-order valence-corrected chi connectivity index (χ4v) is 9.41. The summed E-state index contributed by atoms with van der Waals surface area (Å²) in [5.74, 6) is -1.21. The molecular formula is C61H113NO10. The molecule has 1 rings (SSSR count). The van der Waals surface area contributed by atoms with Gasteiger partial charge in [0.15, 0.2) is 12.4 Å². The summed E-state index contributed by atoms with van der Waals surface area (Å²) >= 11 is 0. The number of rotatable bonds is 51. The third kappa shape index (κ3) is 37.6. The molecule has 11 nitrogen and oxygen atoms in total. The summed E-state index contributed by atoms with van der Waals surface area (Å²) in [5, 5.41) is 56.9. The van der Waals surface area contributed by atoms with E-state index in [-0.39, 0.29) is 19.4 Å². The number of esters is 1. The highest BCUT2D eigenvalue weighted by Gasteiger charge is 2.47. The van der Waals surface area contributed by atoms with Gasteiger partial charge in [-0.15, -0.1) is 0 Å². The van der Waals surface area contributed by atoms with Gasteiger partial charge in [-0.2, -0.15) is 0 Å². The van der Waals surface area contributed by atoms with E-state index in [0.717, 1.165) is 77.0 Å². The van der Waals surface area contributed by atoms with E-state index >= 15 is 0 Å². The zero-order valence-electron chi connectivity index (χ0n) is 46.6. The lowest BCUT2D eigenvalue weighted by atomic mass is 9.99. The Labute approximate surface area is 441 Å². The van der Waals surface area contributed by atoms with Gasteiger partial charge in [-0.05, 0) is 77.0 Å². The summed E-state index contributed by atoms with van der Waals surface area (Å²) < 4.78 is 17.6. The van der Waals surface area contributed by atoms with Crippen molar-refractivity contribution in [1.82, 2.24) is 5.32 Å². The predicted octanol–water partition coefficient (Wildman–Crippen LogP) is 13.9. The molecule has 8 atom stereocenters. The van der Waals surface area contributed by atoms with Crippen LogP contribution in [-0.2, 0) is 23.8 Å². The molecule has 0 aromatic rings. The maximum Gasteiger partial charge on any atom is 0.306 e. The minimum absolute atomic E-state index is 0.105. The molecule has 1 saturated heterocycles. The molecule has 1 aliphatic rings. The third-order valence-corrected chi connectivity index (χ3v) is 14.3. The van der Waals surface area contributed by atoms with Gasteiger partial charge in [0.1, 0.15) is 24.4 Å². The van der Waals surface area contributed by atoms with Gasteiger partial charge in [-0.25, -0.2) is 0 Å². The minimum atomic E-state index is -1.62. The second-order valence-electron chi connectivity index (χ2n) is 21.1.